The Morgan fingerprint density at radius 1 is 1.00 bits per heavy atom. The highest BCUT2D eigenvalue weighted by Crippen LogP contribution is 2.30. The molecule has 6 heteroatoms. The molecule has 1 aromatic heterocycles. The number of nitrogens with zero attached hydrogens (tertiary/aromatic N) is 2. The molecule has 1 aliphatic rings. The number of carbonyl (C=O) groups excluding carboxylic acids is 1. The SMILES string of the molecule is O=C(Cc1ccc(F)cc1)N[C@@H](c1ccccn1)[C@@H]1CCCN(Cc2ccc(F)cc2)C1. The molecule has 2 heterocycles. The molecule has 0 aliphatic carbocycles. The first kappa shape index (κ1) is 22.1. The zero-order valence-electron chi connectivity index (χ0n) is 17.9. The summed E-state index contributed by atoms with van der Waals surface area (Å²) in [5.41, 5.74) is 2.68. The number of benzene rings is 2. The summed E-state index contributed by atoms with van der Waals surface area (Å²) in [4.78, 5) is 19.7. The summed E-state index contributed by atoms with van der Waals surface area (Å²) < 4.78 is 26.4. The van der Waals surface area contributed by atoms with E-state index in [0.29, 0.717) is 0 Å². The molecule has 4 nitrogen and oxygen atoms in total. The summed E-state index contributed by atoms with van der Waals surface area (Å²) >= 11 is 0. The van der Waals surface area contributed by atoms with Crippen molar-refractivity contribution in [2.45, 2.75) is 31.8 Å². The molecule has 4 rings (SSSR count). The second-order valence-corrected chi connectivity index (χ2v) is 8.37. The van der Waals surface area contributed by atoms with Crippen molar-refractivity contribution in [3.05, 3.63) is 101 Å². The van der Waals surface area contributed by atoms with E-state index in [1.165, 1.54) is 24.3 Å². The number of aromatic nitrogens is 1. The van der Waals surface area contributed by atoms with Crippen molar-refractivity contribution in [2.75, 3.05) is 13.1 Å². The van der Waals surface area contributed by atoms with Crippen LogP contribution in [0.2, 0.25) is 0 Å². The molecule has 0 spiro atoms. The molecule has 1 fully saturated rings. The maximum atomic E-state index is 13.2. The van der Waals surface area contributed by atoms with Crippen LogP contribution in [0.5, 0.6) is 0 Å². The number of piperidine rings is 1. The van der Waals surface area contributed by atoms with Crippen molar-refractivity contribution in [2.24, 2.45) is 5.92 Å². The standard InChI is InChI=1S/C26H27F2N3O/c27-22-10-6-19(7-11-22)16-25(32)30-26(24-5-1-2-14-29-24)21-4-3-15-31(18-21)17-20-8-12-23(28)13-9-20/h1-2,5-14,21,26H,3-4,15-18H2,(H,30,32)/t21-,26-/m1/s1. The van der Waals surface area contributed by atoms with Crippen molar-refractivity contribution in [3.63, 3.8) is 0 Å². The largest absolute Gasteiger partial charge is 0.347 e. The lowest BCUT2D eigenvalue weighted by atomic mass is 9.88. The lowest BCUT2D eigenvalue weighted by Gasteiger charge is -2.37. The highest BCUT2D eigenvalue weighted by atomic mass is 19.1. The molecule has 3 aromatic rings. The quantitative estimate of drug-likeness (QED) is 0.587. The molecule has 0 saturated carbocycles. The van der Waals surface area contributed by atoms with Crippen molar-refractivity contribution in [1.82, 2.24) is 15.2 Å². The average Bonchev–Trinajstić information content (AvgIpc) is 2.81. The molecule has 1 aliphatic heterocycles. The molecule has 1 saturated heterocycles. The molecule has 32 heavy (non-hydrogen) atoms. The van der Waals surface area contributed by atoms with Crippen LogP contribution in [0.15, 0.2) is 72.9 Å². The second-order valence-electron chi connectivity index (χ2n) is 8.37. The topological polar surface area (TPSA) is 45.2 Å². The maximum absolute atomic E-state index is 13.2. The molecule has 2 atom stereocenters. The van der Waals surface area contributed by atoms with Gasteiger partial charge in [-0.15, -0.1) is 0 Å². The number of amides is 1. The maximum Gasteiger partial charge on any atom is 0.224 e. The van der Waals surface area contributed by atoms with Crippen molar-refractivity contribution in [1.29, 1.82) is 0 Å². The summed E-state index contributed by atoms with van der Waals surface area (Å²) in [7, 11) is 0. The average molecular weight is 436 g/mol. The number of pyridine rings is 1. The second kappa shape index (κ2) is 10.5. The number of carbonyl (C=O) groups is 1. The van der Waals surface area contributed by atoms with Gasteiger partial charge in [0.25, 0.3) is 0 Å². The molecule has 1 amide bonds. The third-order valence-electron chi connectivity index (χ3n) is 5.93. The van der Waals surface area contributed by atoms with Gasteiger partial charge in [0.2, 0.25) is 5.91 Å². The van der Waals surface area contributed by atoms with E-state index in [9.17, 15) is 13.6 Å². The number of hydrogen-bond acceptors (Lipinski definition) is 3. The van der Waals surface area contributed by atoms with Gasteiger partial charge in [-0.25, -0.2) is 8.78 Å². The van der Waals surface area contributed by atoms with Gasteiger partial charge in [0.05, 0.1) is 18.2 Å². The summed E-state index contributed by atoms with van der Waals surface area (Å²) in [6.07, 6.45) is 3.93. The number of nitrogens with one attached hydrogen (secondary N) is 1. The highest BCUT2D eigenvalue weighted by molar-refractivity contribution is 5.79. The number of halogens is 2. The molecule has 1 N–H and O–H groups in total. The number of hydrogen-bond donors (Lipinski definition) is 1. The third kappa shape index (κ3) is 5.98. The first-order chi connectivity index (χ1) is 15.6. The Balaban J connectivity index is 1.46. The van der Waals surface area contributed by atoms with Crippen LogP contribution < -0.4 is 5.32 Å². The van der Waals surface area contributed by atoms with Gasteiger partial charge >= 0.3 is 0 Å². The third-order valence-corrected chi connectivity index (χ3v) is 5.93. The minimum Gasteiger partial charge on any atom is -0.347 e. The zero-order chi connectivity index (χ0) is 22.3. The van der Waals surface area contributed by atoms with Gasteiger partial charge in [0.15, 0.2) is 0 Å². The molecule has 166 valence electrons. The highest BCUT2D eigenvalue weighted by Gasteiger charge is 2.30. The minimum absolute atomic E-state index is 0.108. The van der Waals surface area contributed by atoms with Crippen molar-refractivity contribution >= 4 is 5.91 Å². The zero-order valence-corrected chi connectivity index (χ0v) is 17.9. The summed E-state index contributed by atoms with van der Waals surface area (Å²) in [6.45, 7) is 2.52. The smallest absolute Gasteiger partial charge is 0.224 e. The van der Waals surface area contributed by atoms with Gasteiger partial charge in [-0.1, -0.05) is 30.3 Å². The monoisotopic (exact) mass is 435 g/mol. The van der Waals surface area contributed by atoms with Crippen LogP contribution in [0.3, 0.4) is 0 Å². The van der Waals surface area contributed by atoms with E-state index in [-0.39, 0.29) is 35.9 Å². The van der Waals surface area contributed by atoms with E-state index < -0.39 is 0 Å². The predicted octanol–water partition coefficient (Wildman–Crippen LogP) is 4.67. The summed E-state index contributed by atoms with van der Waals surface area (Å²) in [6, 6.07) is 18.2. The Labute approximate surface area is 187 Å². The molecule has 0 unspecified atom stereocenters. The number of rotatable bonds is 7. The summed E-state index contributed by atoms with van der Waals surface area (Å²) in [5, 5.41) is 3.19. The van der Waals surface area contributed by atoms with Gasteiger partial charge in [0.1, 0.15) is 11.6 Å². The van der Waals surface area contributed by atoms with Crippen LogP contribution in [-0.2, 0) is 17.8 Å². The Morgan fingerprint density at radius 2 is 1.69 bits per heavy atom. The van der Waals surface area contributed by atoms with E-state index in [1.807, 2.05) is 30.3 Å². The molecular formula is C26H27F2N3O. The predicted molar refractivity (Wildman–Crippen MR) is 120 cm³/mol. The van der Waals surface area contributed by atoms with E-state index in [0.717, 1.165) is 49.3 Å². The fourth-order valence-corrected chi connectivity index (χ4v) is 4.36. The van der Waals surface area contributed by atoms with Crippen molar-refractivity contribution < 1.29 is 13.6 Å². The first-order valence-electron chi connectivity index (χ1n) is 11.0. The molecule has 0 radical (unpaired) electrons. The molecular weight excluding hydrogens is 408 g/mol. The summed E-state index contributed by atoms with van der Waals surface area (Å²) in [5.74, 6) is -0.451. The number of likely N-dealkylation sites (tertiary alicyclic amines) is 1. The van der Waals surface area contributed by atoms with Gasteiger partial charge in [-0.2, -0.15) is 0 Å². The lowest BCUT2D eigenvalue weighted by molar-refractivity contribution is -0.121. The Hall–Kier alpha value is -3.12. The van der Waals surface area contributed by atoms with Crippen LogP contribution in [0, 0.1) is 17.6 Å². The van der Waals surface area contributed by atoms with Gasteiger partial charge in [-0.3, -0.25) is 14.7 Å². The van der Waals surface area contributed by atoms with Crippen molar-refractivity contribution in [3.8, 4) is 0 Å². The van der Waals surface area contributed by atoms with Crippen LogP contribution in [0.25, 0.3) is 0 Å². The molecule has 0 bridgehead atoms. The van der Waals surface area contributed by atoms with E-state index in [2.05, 4.69) is 15.2 Å². The van der Waals surface area contributed by atoms with Crippen LogP contribution in [-0.4, -0.2) is 28.9 Å². The van der Waals surface area contributed by atoms with Crippen LogP contribution in [0.1, 0.15) is 35.7 Å². The first-order valence-corrected chi connectivity index (χ1v) is 11.0. The van der Waals surface area contributed by atoms with Gasteiger partial charge < -0.3 is 5.32 Å². The minimum atomic E-state index is -0.316. The van der Waals surface area contributed by atoms with E-state index >= 15 is 0 Å². The fraction of sp³-hybridized carbons (Fsp3) is 0.308. The Morgan fingerprint density at radius 3 is 2.34 bits per heavy atom. The van der Waals surface area contributed by atoms with Crippen LogP contribution >= 0.6 is 0 Å². The fourth-order valence-electron chi connectivity index (χ4n) is 4.36. The van der Waals surface area contributed by atoms with E-state index in [1.54, 1.807) is 18.3 Å². The lowest BCUT2D eigenvalue weighted by Crippen LogP contribution is -2.43. The Kier molecular flexibility index (Phi) is 7.22. The van der Waals surface area contributed by atoms with Gasteiger partial charge in [-0.05, 0) is 72.8 Å². The van der Waals surface area contributed by atoms with Crippen LogP contribution in [0.4, 0.5) is 8.78 Å². The Bertz CT molecular complexity index is 1010. The normalized spacial score (nSPS) is 17.6. The van der Waals surface area contributed by atoms with E-state index in [4.69, 9.17) is 0 Å². The molecule has 2 aromatic carbocycles. The van der Waals surface area contributed by atoms with Gasteiger partial charge in [0, 0.05) is 19.3 Å².